The summed E-state index contributed by atoms with van der Waals surface area (Å²) in [6, 6.07) is 2.29. The largest absolute Gasteiger partial charge is 0.308 e. The molecular formula is C16H31N3. The summed E-state index contributed by atoms with van der Waals surface area (Å²) in [4.78, 5) is 5.38. The highest BCUT2D eigenvalue weighted by atomic mass is 15.3. The van der Waals surface area contributed by atoms with Crippen LogP contribution in [0.4, 0.5) is 0 Å². The number of hydrogen-bond acceptors (Lipinski definition) is 3. The Hall–Kier alpha value is -0.120. The van der Waals surface area contributed by atoms with Gasteiger partial charge in [0.2, 0.25) is 0 Å². The van der Waals surface area contributed by atoms with Crippen LogP contribution in [-0.4, -0.2) is 60.1 Å². The molecule has 2 heterocycles. The lowest BCUT2D eigenvalue weighted by Crippen LogP contribution is -2.65. The third kappa shape index (κ3) is 2.70. The van der Waals surface area contributed by atoms with Crippen molar-refractivity contribution >= 4 is 0 Å². The van der Waals surface area contributed by atoms with E-state index in [1.165, 1.54) is 58.2 Å². The van der Waals surface area contributed by atoms with Crippen molar-refractivity contribution in [2.24, 2.45) is 0 Å². The molecule has 3 aliphatic rings. The second-order valence-electron chi connectivity index (χ2n) is 7.40. The van der Waals surface area contributed by atoms with Gasteiger partial charge in [-0.15, -0.1) is 0 Å². The van der Waals surface area contributed by atoms with Gasteiger partial charge in [-0.2, -0.15) is 0 Å². The van der Waals surface area contributed by atoms with Crippen LogP contribution in [0.2, 0.25) is 0 Å². The quantitative estimate of drug-likeness (QED) is 0.783. The summed E-state index contributed by atoms with van der Waals surface area (Å²) in [5.41, 5.74) is 0.471. The van der Waals surface area contributed by atoms with Crippen molar-refractivity contribution in [3.63, 3.8) is 0 Å². The van der Waals surface area contributed by atoms with Crippen LogP contribution >= 0.6 is 0 Å². The van der Waals surface area contributed by atoms with Crippen molar-refractivity contribution in [3.8, 4) is 0 Å². The molecule has 3 nitrogen and oxygen atoms in total. The monoisotopic (exact) mass is 265 g/mol. The van der Waals surface area contributed by atoms with Gasteiger partial charge in [0.25, 0.3) is 0 Å². The fraction of sp³-hybridized carbons (Fsp3) is 1.00. The Morgan fingerprint density at radius 2 is 1.84 bits per heavy atom. The molecule has 0 amide bonds. The van der Waals surface area contributed by atoms with E-state index in [0.29, 0.717) is 11.6 Å². The summed E-state index contributed by atoms with van der Waals surface area (Å²) < 4.78 is 0. The van der Waals surface area contributed by atoms with Gasteiger partial charge in [-0.3, -0.25) is 4.90 Å². The van der Waals surface area contributed by atoms with Crippen LogP contribution in [0, 0.1) is 0 Å². The molecule has 1 N–H and O–H groups in total. The third-order valence-electron chi connectivity index (χ3n) is 6.03. The van der Waals surface area contributed by atoms with Crippen LogP contribution in [-0.2, 0) is 0 Å². The van der Waals surface area contributed by atoms with Crippen molar-refractivity contribution in [2.75, 3.05) is 26.7 Å². The molecule has 0 aromatic rings. The van der Waals surface area contributed by atoms with Gasteiger partial charge in [-0.05, 0) is 53.1 Å². The molecule has 2 aliphatic heterocycles. The topological polar surface area (TPSA) is 18.5 Å². The van der Waals surface area contributed by atoms with E-state index in [4.69, 9.17) is 0 Å². The minimum Gasteiger partial charge on any atom is -0.308 e. The lowest BCUT2D eigenvalue weighted by atomic mass is 9.88. The fourth-order valence-corrected chi connectivity index (χ4v) is 4.48. The predicted octanol–water partition coefficient (Wildman–Crippen LogP) is 2.08. The Kier molecular flexibility index (Phi) is 3.89. The van der Waals surface area contributed by atoms with E-state index in [1.54, 1.807) is 0 Å². The second-order valence-corrected chi connectivity index (χ2v) is 7.40. The van der Waals surface area contributed by atoms with Crippen molar-refractivity contribution in [3.05, 3.63) is 0 Å². The average molecular weight is 265 g/mol. The minimum absolute atomic E-state index is 0.471. The molecule has 3 rings (SSSR count). The first-order valence-electron chi connectivity index (χ1n) is 8.31. The summed E-state index contributed by atoms with van der Waals surface area (Å²) in [5, 5.41) is 3.88. The van der Waals surface area contributed by atoms with E-state index in [9.17, 15) is 0 Å². The Balaban J connectivity index is 1.68. The number of piperidine rings is 1. The van der Waals surface area contributed by atoms with Gasteiger partial charge in [0.15, 0.2) is 0 Å². The predicted molar refractivity (Wildman–Crippen MR) is 80.5 cm³/mol. The van der Waals surface area contributed by atoms with Crippen molar-refractivity contribution < 1.29 is 0 Å². The fourth-order valence-electron chi connectivity index (χ4n) is 4.48. The first-order valence-corrected chi connectivity index (χ1v) is 8.31. The zero-order valence-electron chi connectivity index (χ0n) is 13.0. The van der Waals surface area contributed by atoms with Gasteiger partial charge in [0.1, 0.15) is 0 Å². The molecule has 110 valence electrons. The average Bonchev–Trinajstić information content (AvgIpc) is 2.85. The van der Waals surface area contributed by atoms with Crippen LogP contribution in [0.15, 0.2) is 0 Å². The number of rotatable bonds is 1. The van der Waals surface area contributed by atoms with E-state index in [2.05, 4.69) is 36.0 Å². The molecule has 0 aromatic carbocycles. The number of nitrogens with one attached hydrogen (secondary N) is 1. The van der Waals surface area contributed by atoms with Gasteiger partial charge in [-0.1, -0.05) is 12.8 Å². The van der Waals surface area contributed by atoms with Gasteiger partial charge in [-0.25, -0.2) is 0 Å². The Bertz CT molecular complexity index is 311. The zero-order valence-corrected chi connectivity index (χ0v) is 13.0. The molecule has 3 unspecified atom stereocenters. The molecule has 1 saturated carbocycles. The molecule has 3 atom stereocenters. The number of nitrogens with zero attached hydrogens (tertiary/aromatic N) is 2. The van der Waals surface area contributed by atoms with E-state index in [-0.39, 0.29) is 0 Å². The van der Waals surface area contributed by atoms with Gasteiger partial charge in [0, 0.05) is 36.8 Å². The molecule has 0 radical (unpaired) electrons. The van der Waals surface area contributed by atoms with Crippen LogP contribution in [0.1, 0.15) is 52.4 Å². The minimum atomic E-state index is 0.471. The normalized spacial score (nSPS) is 40.9. The Morgan fingerprint density at radius 3 is 2.53 bits per heavy atom. The van der Waals surface area contributed by atoms with Crippen LogP contribution < -0.4 is 5.32 Å². The molecule has 0 bridgehead atoms. The van der Waals surface area contributed by atoms with E-state index in [0.717, 1.165) is 12.1 Å². The maximum atomic E-state index is 3.88. The van der Waals surface area contributed by atoms with Gasteiger partial charge >= 0.3 is 0 Å². The summed E-state index contributed by atoms with van der Waals surface area (Å²) in [5.74, 6) is 0. The number of likely N-dealkylation sites (tertiary alicyclic amines) is 1. The third-order valence-corrected chi connectivity index (χ3v) is 6.03. The van der Waals surface area contributed by atoms with Crippen LogP contribution in [0.5, 0.6) is 0 Å². The molecule has 3 heteroatoms. The molecule has 1 spiro atoms. The Labute approximate surface area is 118 Å². The van der Waals surface area contributed by atoms with Crippen LogP contribution in [0.25, 0.3) is 0 Å². The molecule has 3 fully saturated rings. The smallest absolute Gasteiger partial charge is 0.0309 e. The number of piperazine rings is 1. The molecule has 2 saturated heterocycles. The maximum Gasteiger partial charge on any atom is 0.0309 e. The van der Waals surface area contributed by atoms with Gasteiger partial charge < -0.3 is 10.2 Å². The van der Waals surface area contributed by atoms with E-state index in [1.807, 2.05) is 0 Å². The summed E-state index contributed by atoms with van der Waals surface area (Å²) >= 11 is 0. The standard InChI is InChI=1S/C16H31N3/c1-13-10-15(6-9-18(13)3)19-12-16(7-4-5-8-16)17-11-14(19)2/h13-15,17H,4-12H2,1-3H3. The van der Waals surface area contributed by atoms with Crippen molar-refractivity contribution in [1.29, 1.82) is 0 Å². The molecule has 19 heavy (non-hydrogen) atoms. The zero-order chi connectivity index (χ0) is 13.5. The van der Waals surface area contributed by atoms with E-state index < -0.39 is 0 Å². The summed E-state index contributed by atoms with van der Waals surface area (Å²) in [7, 11) is 2.28. The number of hydrogen-bond donors (Lipinski definition) is 1. The highest BCUT2D eigenvalue weighted by Crippen LogP contribution is 2.35. The van der Waals surface area contributed by atoms with Crippen molar-refractivity contribution in [1.82, 2.24) is 15.1 Å². The second kappa shape index (κ2) is 5.34. The molecule has 1 aliphatic carbocycles. The first-order chi connectivity index (χ1) is 9.10. The molecule has 0 aromatic heterocycles. The van der Waals surface area contributed by atoms with Crippen molar-refractivity contribution in [2.45, 2.75) is 76.0 Å². The summed E-state index contributed by atoms with van der Waals surface area (Å²) in [6.45, 7) is 8.58. The van der Waals surface area contributed by atoms with Gasteiger partial charge in [0.05, 0.1) is 0 Å². The highest BCUT2D eigenvalue weighted by molar-refractivity contribution is 5.02. The Morgan fingerprint density at radius 1 is 1.11 bits per heavy atom. The highest BCUT2D eigenvalue weighted by Gasteiger charge is 2.42. The maximum absolute atomic E-state index is 3.88. The lowest BCUT2D eigenvalue weighted by molar-refractivity contribution is 0.0125. The lowest BCUT2D eigenvalue weighted by Gasteiger charge is -2.51. The van der Waals surface area contributed by atoms with E-state index >= 15 is 0 Å². The molecular weight excluding hydrogens is 234 g/mol. The first kappa shape index (κ1) is 13.8. The SMILES string of the molecule is CC1CC(N2CC3(CCCC3)NCC2C)CCN1C. The summed E-state index contributed by atoms with van der Waals surface area (Å²) in [6.07, 6.45) is 8.38. The van der Waals surface area contributed by atoms with Crippen LogP contribution in [0.3, 0.4) is 0 Å².